The van der Waals surface area contributed by atoms with Gasteiger partial charge in [0.25, 0.3) is 11.5 Å². The van der Waals surface area contributed by atoms with E-state index in [-0.39, 0.29) is 17.0 Å². The molecule has 1 amide bonds. The second-order valence-corrected chi connectivity index (χ2v) is 7.00. The Labute approximate surface area is 142 Å². The number of carbonyl (C=O) groups is 2. The molecular weight excluding hydrogens is 308 g/mol. The van der Waals surface area contributed by atoms with Crippen LogP contribution in [0.2, 0.25) is 0 Å². The third-order valence-corrected chi connectivity index (χ3v) is 4.21. The quantitative estimate of drug-likeness (QED) is 0.800. The maximum absolute atomic E-state index is 12.7. The molecule has 6 heteroatoms. The number of carboxylic acids is 1. The number of carboxylic acid groups (broad SMARTS) is 1. The van der Waals surface area contributed by atoms with Crippen molar-refractivity contribution in [3.63, 3.8) is 0 Å². The van der Waals surface area contributed by atoms with Gasteiger partial charge in [0.15, 0.2) is 0 Å². The predicted octanol–water partition coefficient (Wildman–Crippen LogP) is 2.35. The number of carbonyl (C=O) groups excluding carboxylic acids is 1. The average molecular weight is 336 g/mol. The van der Waals surface area contributed by atoms with Gasteiger partial charge in [-0.2, -0.15) is 0 Å². The number of nitrogens with one attached hydrogen (secondary N) is 1. The van der Waals surface area contributed by atoms with Gasteiger partial charge in [0.1, 0.15) is 11.6 Å². The lowest BCUT2D eigenvalue weighted by atomic mass is 10.0. The fourth-order valence-corrected chi connectivity index (χ4v) is 2.45. The summed E-state index contributed by atoms with van der Waals surface area (Å²) in [5.74, 6) is -1.59. The first-order valence-corrected chi connectivity index (χ1v) is 8.31. The number of pyridine rings is 1. The first-order chi connectivity index (χ1) is 11.1. The molecule has 1 aromatic heterocycles. The van der Waals surface area contributed by atoms with Gasteiger partial charge in [-0.3, -0.25) is 9.59 Å². The van der Waals surface area contributed by atoms with Crippen LogP contribution in [0.3, 0.4) is 0 Å². The number of hydrogen-bond acceptors (Lipinski definition) is 3. The van der Waals surface area contributed by atoms with E-state index in [9.17, 15) is 19.5 Å². The highest BCUT2D eigenvalue weighted by atomic mass is 16.4. The van der Waals surface area contributed by atoms with Crippen molar-refractivity contribution in [1.29, 1.82) is 0 Å². The molecular formula is C18H28N2O4. The lowest BCUT2D eigenvalue weighted by Gasteiger charge is -2.19. The van der Waals surface area contributed by atoms with E-state index in [0.29, 0.717) is 12.5 Å². The van der Waals surface area contributed by atoms with Crippen molar-refractivity contribution in [3.8, 4) is 0 Å². The van der Waals surface area contributed by atoms with Gasteiger partial charge in [0, 0.05) is 12.2 Å². The number of rotatable bonds is 7. The smallest absolute Gasteiger partial charge is 0.326 e. The molecule has 24 heavy (non-hydrogen) atoms. The molecule has 1 atom stereocenters. The third-order valence-electron chi connectivity index (χ3n) is 4.21. The van der Waals surface area contributed by atoms with Crippen LogP contribution in [0.4, 0.5) is 0 Å². The van der Waals surface area contributed by atoms with Gasteiger partial charge < -0.3 is 15.0 Å². The van der Waals surface area contributed by atoms with Crippen molar-refractivity contribution in [2.45, 2.75) is 60.5 Å². The molecule has 1 rings (SSSR count). The maximum atomic E-state index is 12.7. The van der Waals surface area contributed by atoms with E-state index in [1.54, 1.807) is 18.4 Å². The second-order valence-electron chi connectivity index (χ2n) is 7.00. The average Bonchev–Trinajstić information content (AvgIpc) is 2.47. The van der Waals surface area contributed by atoms with Crippen LogP contribution in [0.1, 0.15) is 55.7 Å². The summed E-state index contributed by atoms with van der Waals surface area (Å²) in [6.45, 7) is 11.8. The normalized spacial score (nSPS) is 12.5. The topological polar surface area (TPSA) is 88.4 Å². The van der Waals surface area contributed by atoms with Crippen molar-refractivity contribution < 1.29 is 14.7 Å². The van der Waals surface area contributed by atoms with Crippen LogP contribution in [0, 0.1) is 25.7 Å². The Morgan fingerprint density at radius 1 is 1.21 bits per heavy atom. The summed E-state index contributed by atoms with van der Waals surface area (Å²) in [5.41, 5.74) is 1.29. The number of nitrogens with zero attached hydrogens (tertiary/aromatic N) is 1. The van der Waals surface area contributed by atoms with Crippen LogP contribution in [0.5, 0.6) is 0 Å². The molecule has 0 aliphatic carbocycles. The molecule has 0 radical (unpaired) electrons. The molecule has 134 valence electrons. The molecule has 0 aromatic carbocycles. The molecule has 1 heterocycles. The number of aromatic nitrogens is 1. The summed E-state index contributed by atoms with van der Waals surface area (Å²) in [7, 11) is 0. The molecule has 0 unspecified atom stereocenters. The number of aliphatic carboxylic acids is 1. The van der Waals surface area contributed by atoms with Crippen molar-refractivity contribution in [3.05, 3.63) is 33.2 Å². The van der Waals surface area contributed by atoms with Crippen molar-refractivity contribution in [1.82, 2.24) is 9.88 Å². The van der Waals surface area contributed by atoms with E-state index in [0.717, 1.165) is 17.7 Å². The molecule has 0 bridgehead atoms. The molecule has 0 aliphatic heterocycles. The van der Waals surface area contributed by atoms with E-state index in [1.807, 2.05) is 13.8 Å². The maximum Gasteiger partial charge on any atom is 0.326 e. The predicted molar refractivity (Wildman–Crippen MR) is 93.4 cm³/mol. The third kappa shape index (κ3) is 4.69. The zero-order valence-corrected chi connectivity index (χ0v) is 15.3. The van der Waals surface area contributed by atoms with E-state index in [2.05, 4.69) is 19.2 Å². The first kappa shape index (κ1) is 19.9. The summed E-state index contributed by atoms with van der Waals surface area (Å²) < 4.78 is 1.61. The van der Waals surface area contributed by atoms with Crippen molar-refractivity contribution in [2.24, 2.45) is 11.8 Å². The van der Waals surface area contributed by atoms with Crippen LogP contribution >= 0.6 is 0 Å². The molecule has 2 N–H and O–H groups in total. The first-order valence-electron chi connectivity index (χ1n) is 8.31. The number of aryl methyl sites for hydroxylation is 1. The monoisotopic (exact) mass is 336 g/mol. The minimum atomic E-state index is -1.11. The fourth-order valence-electron chi connectivity index (χ4n) is 2.45. The summed E-state index contributed by atoms with van der Waals surface area (Å²) >= 11 is 0. The van der Waals surface area contributed by atoms with Gasteiger partial charge in [-0.15, -0.1) is 0 Å². The van der Waals surface area contributed by atoms with Crippen LogP contribution in [-0.4, -0.2) is 27.6 Å². The summed E-state index contributed by atoms with van der Waals surface area (Å²) in [5, 5.41) is 11.7. The standard InChI is InChI=1S/C18H28N2O4/c1-10(2)7-8-20-13(6)12(5)9-14(17(20)22)16(21)19-15(11(3)4)18(23)24/h9-11,15H,7-8H2,1-6H3,(H,19,21)(H,23,24)/t15-/m0/s1. The highest BCUT2D eigenvalue weighted by molar-refractivity contribution is 5.96. The summed E-state index contributed by atoms with van der Waals surface area (Å²) in [4.78, 5) is 36.4. The van der Waals surface area contributed by atoms with E-state index in [1.165, 1.54) is 6.07 Å². The Morgan fingerprint density at radius 2 is 1.79 bits per heavy atom. The Bertz CT molecular complexity index is 674. The number of hydrogen-bond donors (Lipinski definition) is 2. The van der Waals surface area contributed by atoms with Gasteiger partial charge in [-0.05, 0) is 43.7 Å². The fraction of sp³-hybridized carbons (Fsp3) is 0.611. The summed E-state index contributed by atoms with van der Waals surface area (Å²) in [6, 6.07) is 0.514. The Hall–Kier alpha value is -2.11. The second kappa shape index (κ2) is 8.13. The van der Waals surface area contributed by atoms with E-state index < -0.39 is 17.9 Å². The van der Waals surface area contributed by atoms with Crippen LogP contribution < -0.4 is 10.9 Å². The summed E-state index contributed by atoms with van der Waals surface area (Å²) in [6.07, 6.45) is 0.828. The van der Waals surface area contributed by atoms with Crippen LogP contribution in [-0.2, 0) is 11.3 Å². The van der Waals surface area contributed by atoms with Gasteiger partial charge in [-0.1, -0.05) is 27.7 Å². The molecule has 1 aromatic rings. The Balaban J connectivity index is 3.22. The molecule has 0 saturated carbocycles. The van der Waals surface area contributed by atoms with Crippen molar-refractivity contribution >= 4 is 11.9 Å². The van der Waals surface area contributed by atoms with Gasteiger partial charge in [-0.25, -0.2) is 4.79 Å². The Kier molecular flexibility index (Phi) is 6.75. The zero-order valence-electron chi connectivity index (χ0n) is 15.3. The molecule has 0 spiro atoms. The van der Waals surface area contributed by atoms with Gasteiger partial charge >= 0.3 is 5.97 Å². The lowest BCUT2D eigenvalue weighted by Crippen LogP contribution is -2.46. The largest absolute Gasteiger partial charge is 0.480 e. The Morgan fingerprint density at radius 3 is 2.25 bits per heavy atom. The van der Waals surface area contributed by atoms with Gasteiger partial charge in [0.2, 0.25) is 0 Å². The van der Waals surface area contributed by atoms with Crippen molar-refractivity contribution in [2.75, 3.05) is 0 Å². The number of amides is 1. The molecule has 0 saturated heterocycles. The van der Waals surface area contributed by atoms with E-state index >= 15 is 0 Å². The lowest BCUT2D eigenvalue weighted by molar-refractivity contribution is -0.140. The minimum Gasteiger partial charge on any atom is -0.480 e. The molecule has 0 aliphatic rings. The van der Waals surface area contributed by atoms with Gasteiger partial charge in [0.05, 0.1) is 0 Å². The highest BCUT2D eigenvalue weighted by Gasteiger charge is 2.26. The molecule has 6 nitrogen and oxygen atoms in total. The van der Waals surface area contributed by atoms with Crippen LogP contribution in [0.25, 0.3) is 0 Å². The van der Waals surface area contributed by atoms with Crippen LogP contribution in [0.15, 0.2) is 10.9 Å². The minimum absolute atomic E-state index is 0.00578. The SMILES string of the molecule is Cc1cc(C(=O)N[C@H](C(=O)O)C(C)C)c(=O)n(CCC(C)C)c1C. The zero-order chi connectivity index (χ0) is 18.6. The highest BCUT2D eigenvalue weighted by Crippen LogP contribution is 2.11. The van der Waals surface area contributed by atoms with E-state index in [4.69, 9.17) is 0 Å². The molecule has 0 fully saturated rings.